The Kier molecular flexibility index (Phi) is 4.31. The van der Waals surface area contributed by atoms with E-state index in [9.17, 15) is 14.0 Å². The Bertz CT molecular complexity index is 1620. The minimum absolute atomic E-state index is 0.00930. The van der Waals surface area contributed by atoms with Gasteiger partial charge in [-0.1, -0.05) is 35.6 Å². The number of amides is 1. The molecule has 0 aliphatic carbocycles. The number of carbonyl (C=O) groups is 1. The van der Waals surface area contributed by atoms with Crippen molar-refractivity contribution in [2.75, 3.05) is 12.0 Å². The van der Waals surface area contributed by atoms with Crippen molar-refractivity contribution < 1.29 is 18.3 Å². The molecule has 1 amide bonds. The maximum atomic E-state index is 13.8. The molecule has 0 radical (unpaired) electrons. The Morgan fingerprint density at radius 3 is 2.64 bits per heavy atom. The molecule has 6 nitrogen and oxygen atoms in total. The van der Waals surface area contributed by atoms with E-state index in [0.717, 1.165) is 0 Å². The van der Waals surface area contributed by atoms with Crippen LogP contribution >= 0.6 is 11.3 Å². The molecule has 8 heteroatoms. The van der Waals surface area contributed by atoms with Crippen molar-refractivity contribution in [1.29, 1.82) is 0 Å². The number of nitrogens with zero attached hydrogens (tertiary/aromatic N) is 2. The highest BCUT2D eigenvalue weighted by atomic mass is 32.1. The molecule has 0 bridgehead atoms. The largest absolute Gasteiger partial charge is 0.497 e. The summed E-state index contributed by atoms with van der Waals surface area (Å²) in [6.07, 6.45) is 0. The van der Waals surface area contributed by atoms with Gasteiger partial charge in [-0.15, -0.1) is 0 Å². The van der Waals surface area contributed by atoms with Gasteiger partial charge >= 0.3 is 0 Å². The summed E-state index contributed by atoms with van der Waals surface area (Å²) in [5.41, 5.74) is 1.61. The van der Waals surface area contributed by atoms with E-state index in [4.69, 9.17) is 9.15 Å². The van der Waals surface area contributed by atoms with Crippen molar-refractivity contribution in [3.05, 3.63) is 99.7 Å². The Labute approximate surface area is 190 Å². The highest BCUT2D eigenvalue weighted by Gasteiger charge is 2.45. The average molecular weight is 458 g/mol. The number of aromatic nitrogens is 1. The van der Waals surface area contributed by atoms with Gasteiger partial charge in [0.2, 0.25) is 5.76 Å². The van der Waals surface area contributed by atoms with Gasteiger partial charge in [-0.05, 0) is 48.0 Å². The van der Waals surface area contributed by atoms with E-state index in [2.05, 4.69) is 4.98 Å². The summed E-state index contributed by atoms with van der Waals surface area (Å²) in [5, 5.41) is 0.757. The number of hydrogen-bond acceptors (Lipinski definition) is 6. The molecule has 33 heavy (non-hydrogen) atoms. The minimum Gasteiger partial charge on any atom is -0.497 e. The van der Waals surface area contributed by atoms with Gasteiger partial charge in [0.05, 0.1) is 34.3 Å². The number of rotatable bonds is 3. The lowest BCUT2D eigenvalue weighted by Gasteiger charge is -2.22. The Hall–Kier alpha value is -4.04. The third-order valence-corrected chi connectivity index (χ3v) is 6.77. The molecule has 162 valence electrons. The molecule has 5 aromatic rings. The first-order valence-corrected chi connectivity index (χ1v) is 11.0. The van der Waals surface area contributed by atoms with E-state index in [1.165, 1.54) is 28.4 Å². The van der Waals surface area contributed by atoms with Crippen LogP contribution in [0, 0.1) is 5.82 Å². The van der Waals surface area contributed by atoms with E-state index < -0.39 is 11.9 Å². The monoisotopic (exact) mass is 458 g/mol. The molecule has 0 fully saturated rings. The molecule has 0 N–H and O–H groups in total. The van der Waals surface area contributed by atoms with Crippen LogP contribution < -0.4 is 15.1 Å². The van der Waals surface area contributed by atoms with Crippen molar-refractivity contribution in [2.24, 2.45) is 0 Å². The fourth-order valence-corrected chi connectivity index (χ4v) is 5.23. The number of ether oxygens (including phenoxy) is 1. The summed E-state index contributed by atoms with van der Waals surface area (Å²) < 4.78 is 25.6. The van der Waals surface area contributed by atoms with Gasteiger partial charge in [-0.25, -0.2) is 9.37 Å². The number of hydrogen-bond donors (Lipinski definition) is 0. The third kappa shape index (κ3) is 2.95. The van der Waals surface area contributed by atoms with Crippen molar-refractivity contribution in [3.8, 4) is 5.75 Å². The molecule has 3 aromatic carbocycles. The van der Waals surface area contributed by atoms with Crippen molar-refractivity contribution in [1.82, 2.24) is 4.98 Å². The predicted octanol–water partition coefficient (Wildman–Crippen LogP) is 5.30. The number of para-hydroxylation sites is 1. The van der Waals surface area contributed by atoms with E-state index in [1.807, 2.05) is 0 Å². The van der Waals surface area contributed by atoms with Gasteiger partial charge in [0.15, 0.2) is 10.6 Å². The fourth-order valence-electron chi connectivity index (χ4n) is 4.21. The molecule has 0 spiro atoms. The van der Waals surface area contributed by atoms with Crippen LogP contribution in [0.5, 0.6) is 5.75 Å². The number of fused-ring (bicyclic) bond motifs is 3. The van der Waals surface area contributed by atoms with Gasteiger partial charge in [-0.2, -0.15) is 0 Å². The Morgan fingerprint density at radius 1 is 1.06 bits per heavy atom. The number of benzene rings is 3. The lowest BCUT2D eigenvalue weighted by atomic mass is 9.98. The van der Waals surface area contributed by atoms with Crippen LogP contribution in [0.15, 0.2) is 75.9 Å². The topological polar surface area (TPSA) is 72.6 Å². The molecule has 6 rings (SSSR count). The molecule has 1 unspecified atom stereocenters. The number of halogens is 1. The number of methoxy groups -OCH3 is 1. The van der Waals surface area contributed by atoms with Crippen LogP contribution in [0.1, 0.15) is 27.7 Å². The van der Waals surface area contributed by atoms with Crippen LogP contribution in [0.4, 0.5) is 9.52 Å². The lowest BCUT2D eigenvalue weighted by Crippen LogP contribution is -2.29. The quantitative estimate of drug-likeness (QED) is 0.367. The van der Waals surface area contributed by atoms with Crippen molar-refractivity contribution >= 4 is 43.6 Å². The van der Waals surface area contributed by atoms with Crippen LogP contribution in [0.2, 0.25) is 0 Å². The first-order valence-electron chi connectivity index (χ1n) is 10.1. The average Bonchev–Trinajstić information content (AvgIpc) is 3.37. The molecular weight excluding hydrogens is 443 g/mol. The first kappa shape index (κ1) is 19.6. The van der Waals surface area contributed by atoms with Gasteiger partial charge in [0.25, 0.3) is 5.91 Å². The number of anilines is 1. The fraction of sp³-hybridized carbons (Fsp3) is 0.0800. The second-order valence-electron chi connectivity index (χ2n) is 7.63. The van der Waals surface area contributed by atoms with Crippen LogP contribution in [0.3, 0.4) is 0 Å². The van der Waals surface area contributed by atoms with Crippen molar-refractivity contribution in [2.45, 2.75) is 6.04 Å². The zero-order chi connectivity index (χ0) is 22.7. The molecule has 0 saturated heterocycles. The van der Waals surface area contributed by atoms with E-state index in [1.54, 1.807) is 61.7 Å². The van der Waals surface area contributed by atoms with Gasteiger partial charge < -0.3 is 9.15 Å². The molecule has 0 saturated carbocycles. The third-order valence-electron chi connectivity index (χ3n) is 5.75. The minimum atomic E-state index is -0.746. The molecule has 1 aliphatic rings. The summed E-state index contributed by atoms with van der Waals surface area (Å²) in [6, 6.07) is 17.5. The molecule has 2 aromatic heterocycles. The zero-order valence-electron chi connectivity index (χ0n) is 17.2. The smallest absolute Gasteiger partial charge is 0.297 e. The van der Waals surface area contributed by atoms with E-state index in [0.29, 0.717) is 37.6 Å². The van der Waals surface area contributed by atoms with Gasteiger partial charge in [0.1, 0.15) is 17.1 Å². The van der Waals surface area contributed by atoms with Crippen LogP contribution in [-0.4, -0.2) is 18.0 Å². The first-order chi connectivity index (χ1) is 16.0. The molecule has 3 heterocycles. The van der Waals surface area contributed by atoms with Crippen molar-refractivity contribution in [3.63, 3.8) is 0 Å². The molecule has 1 atom stereocenters. The normalized spacial score (nSPS) is 15.4. The standard InChI is InChI=1S/C25H15FN2O4S/c1-31-15-9-6-13(7-10-15)21-20-22(29)16-4-2-3-5-18(16)32-23(20)24(30)28(21)25-27-17-11-8-14(26)12-19(17)33-25/h2-12,21H,1H3. The van der Waals surface area contributed by atoms with E-state index in [-0.39, 0.29) is 22.6 Å². The molecule has 1 aliphatic heterocycles. The summed E-state index contributed by atoms with van der Waals surface area (Å²) in [5.74, 6) is -0.211. The highest BCUT2D eigenvalue weighted by Crippen LogP contribution is 2.43. The number of thiazole rings is 1. The predicted molar refractivity (Wildman–Crippen MR) is 124 cm³/mol. The van der Waals surface area contributed by atoms with Gasteiger partial charge in [-0.3, -0.25) is 14.5 Å². The van der Waals surface area contributed by atoms with Gasteiger partial charge in [0, 0.05) is 0 Å². The Balaban J connectivity index is 1.62. The number of carbonyl (C=O) groups excluding carboxylic acids is 1. The SMILES string of the molecule is COc1ccc(C2c3c(oc4ccccc4c3=O)C(=O)N2c2nc3ccc(F)cc3s2)cc1. The van der Waals surface area contributed by atoms with E-state index >= 15 is 0 Å². The summed E-state index contributed by atoms with van der Waals surface area (Å²) >= 11 is 1.18. The van der Waals surface area contributed by atoms with Crippen LogP contribution in [0.25, 0.3) is 21.2 Å². The second kappa shape index (κ2) is 7.25. The van der Waals surface area contributed by atoms with Crippen LogP contribution in [-0.2, 0) is 0 Å². The maximum Gasteiger partial charge on any atom is 0.297 e. The molecular formula is C25H15FN2O4S. The zero-order valence-corrected chi connectivity index (χ0v) is 18.1. The summed E-state index contributed by atoms with van der Waals surface area (Å²) in [7, 11) is 1.57. The maximum absolute atomic E-state index is 13.8. The Morgan fingerprint density at radius 2 is 1.85 bits per heavy atom. The summed E-state index contributed by atoms with van der Waals surface area (Å²) in [4.78, 5) is 33.2. The highest BCUT2D eigenvalue weighted by molar-refractivity contribution is 7.22. The lowest BCUT2D eigenvalue weighted by molar-refractivity contribution is 0.0971. The summed E-state index contributed by atoms with van der Waals surface area (Å²) in [6.45, 7) is 0. The second-order valence-corrected chi connectivity index (χ2v) is 8.64.